The Hall–Kier alpha value is -2.50. The summed E-state index contributed by atoms with van der Waals surface area (Å²) in [6, 6.07) is -1.27. The lowest BCUT2D eigenvalue weighted by Gasteiger charge is -2.18. The first-order chi connectivity index (χ1) is 13.1. The van der Waals surface area contributed by atoms with E-state index in [1.54, 1.807) is 6.92 Å². The summed E-state index contributed by atoms with van der Waals surface area (Å²) in [4.78, 5) is 16.2. The van der Waals surface area contributed by atoms with Crippen molar-refractivity contribution in [2.45, 2.75) is 50.9 Å². The summed E-state index contributed by atoms with van der Waals surface area (Å²) in [6.45, 7) is 3.20. The maximum atomic E-state index is 13.8. The van der Waals surface area contributed by atoms with Gasteiger partial charge in [0.2, 0.25) is 0 Å². The Kier molecular flexibility index (Phi) is 5.41. The maximum absolute atomic E-state index is 13.8. The molecule has 0 aliphatic heterocycles. The Morgan fingerprint density at radius 3 is 2.71 bits per heavy atom. The summed E-state index contributed by atoms with van der Waals surface area (Å²) in [7, 11) is -2.91. The van der Waals surface area contributed by atoms with Crippen LogP contribution < -0.4 is 5.32 Å². The van der Waals surface area contributed by atoms with Crippen LogP contribution in [0.4, 0.5) is 28.0 Å². The Labute approximate surface area is 159 Å². The van der Waals surface area contributed by atoms with Gasteiger partial charge in [-0.2, -0.15) is 18.3 Å². The fraction of sp³-hybridized carbons (Fsp3) is 0.438. The van der Waals surface area contributed by atoms with Crippen molar-refractivity contribution in [3.05, 3.63) is 34.5 Å². The molecule has 0 radical (unpaired) electrons. The number of amides is 2. The van der Waals surface area contributed by atoms with E-state index in [1.807, 2.05) is 0 Å². The number of alkyl halides is 3. The molecule has 152 valence electrons. The SMILES string of the molecule is CCn1cc(F)c(/[SH](=O)=N/C(=O)Nc2c3c(nc(C)c2C(F)(F)F)CCC3)n1. The second-order valence-electron chi connectivity index (χ2n) is 6.18. The molecule has 0 bridgehead atoms. The highest BCUT2D eigenvalue weighted by molar-refractivity contribution is 7.75. The minimum Gasteiger partial charge on any atom is -0.305 e. The zero-order valence-electron chi connectivity index (χ0n) is 15.0. The number of anilines is 1. The number of nitrogens with one attached hydrogen (secondary N) is 1. The van der Waals surface area contributed by atoms with Crippen LogP contribution in [0.2, 0.25) is 0 Å². The number of carbonyl (C=O) groups excluding carboxylic acids is 1. The number of urea groups is 1. The van der Waals surface area contributed by atoms with Gasteiger partial charge in [-0.1, -0.05) is 0 Å². The average molecular weight is 419 g/mol. The molecule has 0 aromatic carbocycles. The normalized spacial score (nSPS) is 14.9. The van der Waals surface area contributed by atoms with Gasteiger partial charge in [0.05, 0.1) is 28.2 Å². The first kappa shape index (κ1) is 20.2. The van der Waals surface area contributed by atoms with E-state index in [2.05, 4.69) is 19.8 Å². The first-order valence-electron chi connectivity index (χ1n) is 8.44. The van der Waals surface area contributed by atoms with Gasteiger partial charge < -0.3 is 5.32 Å². The topological polar surface area (TPSA) is 89.2 Å². The molecule has 1 atom stereocenters. The van der Waals surface area contributed by atoms with Crippen molar-refractivity contribution in [2.75, 3.05) is 5.32 Å². The van der Waals surface area contributed by atoms with Crippen molar-refractivity contribution >= 4 is 22.3 Å². The first-order valence-corrected chi connectivity index (χ1v) is 9.65. The van der Waals surface area contributed by atoms with E-state index in [0.29, 0.717) is 31.5 Å². The van der Waals surface area contributed by atoms with Crippen molar-refractivity contribution in [3.8, 4) is 0 Å². The fourth-order valence-corrected chi connectivity index (χ4v) is 3.88. The number of aromatic nitrogens is 3. The molecule has 0 spiro atoms. The standard InChI is InChI=1S/C16H17F4N5O2S/c1-3-25-7-10(17)14(23-25)28(27)24-15(26)22-13-9-5-4-6-11(9)21-8(2)12(13)16(18,19)20/h7,28H,3-6H2,1-2H3,(H,21,22,26). The Bertz CT molecular complexity index is 1030. The third-order valence-electron chi connectivity index (χ3n) is 4.31. The lowest BCUT2D eigenvalue weighted by molar-refractivity contribution is -0.137. The van der Waals surface area contributed by atoms with Crippen LogP contribution >= 0.6 is 0 Å². The summed E-state index contributed by atoms with van der Waals surface area (Å²) in [5.41, 5.74) is -0.978. The molecule has 2 amide bonds. The van der Waals surface area contributed by atoms with E-state index in [9.17, 15) is 26.6 Å². The molecule has 0 saturated carbocycles. The summed E-state index contributed by atoms with van der Waals surface area (Å²) in [6.07, 6.45) is -2.31. The molecule has 28 heavy (non-hydrogen) atoms. The Balaban J connectivity index is 1.98. The van der Waals surface area contributed by atoms with Crippen LogP contribution in [0, 0.1) is 12.7 Å². The highest BCUT2D eigenvalue weighted by Crippen LogP contribution is 2.41. The molecule has 2 aromatic heterocycles. The number of nitrogens with zero attached hydrogens (tertiary/aromatic N) is 4. The smallest absolute Gasteiger partial charge is 0.305 e. The van der Waals surface area contributed by atoms with E-state index in [4.69, 9.17) is 0 Å². The molecule has 1 N–H and O–H groups in total. The predicted molar refractivity (Wildman–Crippen MR) is 93.1 cm³/mol. The molecule has 1 aliphatic carbocycles. The number of carbonyl (C=O) groups is 1. The molecule has 12 heteroatoms. The van der Waals surface area contributed by atoms with E-state index in [1.165, 1.54) is 11.6 Å². The van der Waals surface area contributed by atoms with Gasteiger partial charge in [0.1, 0.15) is 5.56 Å². The fourth-order valence-electron chi connectivity index (χ4n) is 3.14. The number of hydrogen-bond acceptors (Lipinski definition) is 4. The van der Waals surface area contributed by atoms with Crippen molar-refractivity contribution in [1.29, 1.82) is 0 Å². The minimum absolute atomic E-state index is 0.263. The van der Waals surface area contributed by atoms with Gasteiger partial charge in [-0.15, -0.1) is 4.36 Å². The summed E-state index contributed by atoms with van der Waals surface area (Å²) >= 11 is 0. The van der Waals surface area contributed by atoms with Crippen molar-refractivity contribution in [1.82, 2.24) is 14.8 Å². The van der Waals surface area contributed by atoms with Crippen LogP contribution in [-0.4, -0.2) is 25.0 Å². The second-order valence-corrected chi connectivity index (χ2v) is 7.35. The second kappa shape index (κ2) is 7.49. The maximum Gasteiger partial charge on any atom is 0.420 e. The quantitative estimate of drug-likeness (QED) is 0.589. The number of pyridine rings is 1. The summed E-state index contributed by atoms with van der Waals surface area (Å²) < 4.78 is 70.9. The molecule has 0 fully saturated rings. The van der Waals surface area contributed by atoms with Gasteiger partial charge in [0.25, 0.3) is 0 Å². The van der Waals surface area contributed by atoms with E-state index >= 15 is 0 Å². The van der Waals surface area contributed by atoms with Crippen LogP contribution in [0.1, 0.15) is 35.9 Å². The van der Waals surface area contributed by atoms with Crippen LogP contribution in [0.5, 0.6) is 0 Å². The van der Waals surface area contributed by atoms with Gasteiger partial charge in [-0.25, -0.2) is 13.4 Å². The largest absolute Gasteiger partial charge is 0.420 e. The van der Waals surface area contributed by atoms with Gasteiger partial charge >= 0.3 is 12.2 Å². The Morgan fingerprint density at radius 2 is 2.11 bits per heavy atom. The number of aryl methyl sites for hydroxylation is 3. The predicted octanol–water partition coefficient (Wildman–Crippen LogP) is 3.51. The van der Waals surface area contributed by atoms with E-state index in [-0.39, 0.29) is 11.3 Å². The number of rotatable bonds is 3. The molecule has 2 aromatic rings. The van der Waals surface area contributed by atoms with Crippen LogP contribution in [0.15, 0.2) is 15.6 Å². The Morgan fingerprint density at radius 1 is 1.39 bits per heavy atom. The highest BCUT2D eigenvalue weighted by Gasteiger charge is 2.39. The lowest BCUT2D eigenvalue weighted by atomic mass is 10.0. The van der Waals surface area contributed by atoms with Crippen molar-refractivity contribution in [3.63, 3.8) is 0 Å². The number of thiol groups is 1. The molecule has 1 aliphatic rings. The van der Waals surface area contributed by atoms with E-state index < -0.39 is 44.9 Å². The number of halogens is 4. The molecule has 1 unspecified atom stereocenters. The third kappa shape index (κ3) is 3.86. The van der Waals surface area contributed by atoms with Crippen molar-refractivity contribution in [2.24, 2.45) is 4.36 Å². The van der Waals surface area contributed by atoms with Gasteiger partial charge in [0, 0.05) is 12.2 Å². The van der Waals surface area contributed by atoms with Gasteiger partial charge in [0.15, 0.2) is 10.8 Å². The zero-order valence-corrected chi connectivity index (χ0v) is 15.9. The highest BCUT2D eigenvalue weighted by atomic mass is 32.2. The molecular weight excluding hydrogens is 402 g/mol. The molecular formula is C16H17F4N5O2S. The van der Waals surface area contributed by atoms with Crippen LogP contribution in [0.3, 0.4) is 0 Å². The molecule has 2 heterocycles. The average Bonchev–Trinajstić information content (AvgIpc) is 3.19. The van der Waals surface area contributed by atoms with Crippen LogP contribution in [-0.2, 0) is 36.2 Å². The third-order valence-corrected chi connectivity index (χ3v) is 5.34. The monoisotopic (exact) mass is 419 g/mol. The van der Waals surface area contributed by atoms with Crippen LogP contribution in [0.25, 0.3) is 0 Å². The summed E-state index contributed by atoms with van der Waals surface area (Å²) in [5, 5.41) is 5.28. The number of fused-ring (bicyclic) bond motifs is 1. The molecule has 0 saturated heterocycles. The van der Waals surface area contributed by atoms with Gasteiger partial charge in [-0.05, 0) is 38.7 Å². The van der Waals surface area contributed by atoms with E-state index in [0.717, 1.165) is 6.20 Å². The number of hydrogen-bond donors (Lipinski definition) is 2. The minimum atomic E-state index is -4.74. The molecule has 3 rings (SSSR count). The molecule has 7 nitrogen and oxygen atoms in total. The van der Waals surface area contributed by atoms with Crippen molar-refractivity contribution < 1.29 is 26.6 Å². The van der Waals surface area contributed by atoms with Gasteiger partial charge in [-0.3, -0.25) is 9.67 Å². The zero-order chi connectivity index (χ0) is 20.6. The lowest BCUT2D eigenvalue weighted by Crippen LogP contribution is -2.19. The summed E-state index contributed by atoms with van der Waals surface area (Å²) in [5.74, 6) is -0.906.